The predicted octanol–water partition coefficient (Wildman–Crippen LogP) is 5.26. The van der Waals surface area contributed by atoms with Gasteiger partial charge in [0.2, 0.25) is 23.6 Å². The van der Waals surface area contributed by atoms with E-state index in [-0.39, 0.29) is 66.0 Å². The number of halogens is 1. The molecule has 1 aliphatic heterocycles. The number of rotatable bonds is 23. The second-order valence-corrected chi connectivity index (χ2v) is 18.0. The van der Waals surface area contributed by atoms with E-state index in [9.17, 15) is 43.3 Å². The van der Waals surface area contributed by atoms with Gasteiger partial charge < -0.3 is 39.4 Å². The number of ketones is 1. The molecule has 1 fully saturated rings. The number of nitro groups is 1. The Morgan fingerprint density at radius 1 is 0.864 bits per heavy atom. The molecule has 0 aliphatic carbocycles. The van der Waals surface area contributed by atoms with Gasteiger partial charge in [-0.2, -0.15) is 0 Å². The zero-order valence-electron chi connectivity index (χ0n) is 40.4. The van der Waals surface area contributed by atoms with Crippen LogP contribution in [0.15, 0.2) is 48.5 Å². The quantitative estimate of drug-likeness (QED) is 0.0479. The number of hydrogen-bond donors (Lipinski definition) is 2. The number of carbonyl (C=O) groups is 6. The normalized spacial score (nSPS) is 18.7. The van der Waals surface area contributed by atoms with Crippen molar-refractivity contribution >= 4 is 41.3 Å². The molecule has 0 bridgehead atoms. The molecule has 1 heterocycles. The van der Waals surface area contributed by atoms with Gasteiger partial charge in [-0.05, 0) is 75.2 Å². The summed E-state index contributed by atoms with van der Waals surface area (Å²) in [6.07, 6.45) is -3.66. The highest BCUT2D eigenvalue weighted by atomic mass is 19.1. The molecule has 0 saturated carbocycles. The summed E-state index contributed by atoms with van der Waals surface area (Å²) in [7, 11) is 8.05. The molecule has 1 aliphatic rings. The number of benzene rings is 2. The molecule has 66 heavy (non-hydrogen) atoms. The van der Waals surface area contributed by atoms with Crippen LogP contribution in [0.5, 0.6) is 5.75 Å². The van der Waals surface area contributed by atoms with Gasteiger partial charge >= 0.3 is 6.16 Å². The van der Waals surface area contributed by atoms with Gasteiger partial charge in [-0.15, -0.1) is 0 Å². The van der Waals surface area contributed by atoms with E-state index in [0.717, 1.165) is 24.3 Å². The first-order valence-corrected chi connectivity index (χ1v) is 22.3. The van der Waals surface area contributed by atoms with E-state index in [4.69, 9.17) is 18.9 Å². The fourth-order valence-electron chi connectivity index (χ4n) is 8.64. The highest BCUT2D eigenvalue weighted by molar-refractivity contribution is 6.01. The van der Waals surface area contributed by atoms with Gasteiger partial charge in [0, 0.05) is 45.4 Å². The molecule has 18 nitrogen and oxygen atoms in total. The number of hydrogen-bond acceptors (Lipinski definition) is 13. The second kappa shape index (κ2) is 24.8. The van der Waals surface area contributed by atoms with Gasteiger partial charge in [-0.3, -0.25) is 39.0 Å². The molecular formula is C47H69FN6O12. The van der Waals surface area contributed by atoms with Crippen LogP contribution in [0.25, 0.3) is 0 Å². The number of likely N-dealkylation sites (tertiary alicyclic amines) is 1. The fourth-order valence-corrected chi connectivity index (χ4v) is 8.64. The van der Waals surface area contributed by atoms with Crippen molar-refractivity contribution in [3.8, 4) is 5.75 Å². The Balaban J connectivity index is 1.95. The van der Waals surface area contributed by atoms with Crippen molar-refractivity contribution in [1.82, 2.24) is 25.3 Å². The monoisotopic (exact) mass is 928 g/mol. The number of Topliss-reactive ketones (excluding diaryl/α,β-unsaturated/α-hetero) is 1. The molecule has 0 radical (unpaired) electrons. The largest absolute Gasteiger partial charge is 0.514 e. The number of carbonyl (C=O) groups excluding carboxylic acids is 6. The molecule has 19 heteroatoms. The Morgan fingerprint density at radius 3 is 1.97 bits per heavy atom. The lowest BCUT2D eigenvalue weighted by atomic mass is 9.89. The zero-order chi connectivity index (χ0) is 49.7. The molecule has 2 aromatic carbocycles. The predicted molar refractivity (Wildman–Crippen MR) is 243 cm³/mol. The summed E-state index contributed by atoms with van der Waals surface area (Å²) in [6, 6.07) is 5.79. The van der Waals surface area contributed by atoms with Crippen LogP contribution in [0.1, 0.15) is 85.0 Å². The molecule has 0 spiro atoms. The minimum absolute atomic E-state index is 0.00773. The molecule has 1 saturated heterocycles. The highest BCUT2D eigenvalue weighted by Gasteiger charge is 2.47. The SMILES string of the molecule is CC[C@H](C)C([C@@H](CC(=O)N1C[C@@H](OC(=O)Oc2ccc([N+](=O)[O-])cc2)C[C@H]1[C@H](OC)[C@@H](C)C(=O)N[C@@H](C)C(=O)c1ccc(F)cc1)OC)N(C)C(=O)[C@@H](NC(=O)[C@H](C(C)C)N(C)C)C(C)C. The molecule has 2 N–H and O–H groups in total. The third kappa shape index (κ3) is 14.2. The van der Waals surface area contributed by atoms with Crippen LogP contribution < -0.4 is 15.4 Å². The second-order valence-electron chi connectivity index (χ2n) is 18.0. The first-order chi connectivity index (χ1) is 31.0. The molecule has 0 aromatic heterocycles. The summed E-state index contributed by atoms with van der Waals surface area (Å²) >= 11 is 0. The summed E-state index contributed by atoms with van der Waals surface area (Å²) in [5, 5.41) is 16.8. The number of non-ortho nitro benzene ring substituents is 1. The van der Waals surface area contributed by atoms with Crippen molar-refractivity contribution in [3.63, 3.8) is 0 Å². The third-order valence-corrected chi connectivity index (χ3v) is 12.3. The maximum Gasteiger partial charge on any atom is 0.514 e. The first kappa shape index (κ1) is 54.8. The minimum atomic E-state index is -1.14. The number of methoxy groups -OCH3 is 2. The number of amides is 4. The summed E-state index contributed by atoms with van der Waals surface area (Å²) in [5.74, 6) is -4.19. The highest BCUT2D eigenvalue weighted by Crippen LogP contribution is 2.32. The Kier molecular flexibility index (Phi) is 20.6. The van der Waals surface area contributed by atoms with E-state index in [1.807, 2.05) is 46.4 Å². The summed E-state index contributed by atoms with van der Waals surface area (Å²) in [6.45, 7) is 14.4. The van der Waals surface area contributed by atoms with Crippen LogP contribution in [0.3, 0.4) is 0 Å². The topological polar surface area (TPSA) is 216 Å². The van der Waals surface area contributed by atoms with E-state index in [0.29, 0.717) is 6.42 Å². The maximum absolute atomic E-state index is 14.7. The van der Waals surface area contributed by atoms with E-state index >= 15 is 0 Å². The van der Waals surface area contributed by atoms with Crippen molar-refractivity contribution in [1.29, 1.82) is 0 Å². The fraction of sp³-hybridized carbons (Fsp3) is 0.617. The average molecular weight is 929 g/mol. The summed E-state index contributed by atoms with van der Waals surface area (Å²) in [4.78, 5) is 98.1. The Hall–Kier alpha value is -5.53. The van der Waals surface area contributed by atoms with Crippen LogP contribution in [-0.4, -0.2) is 146 Å². The lowest BCUT2D eigenvalue weighted by Gasteiger charge is -2.41. The summed E-state index contributed by atoms with van der Waals surface area (Å²) < 4.78 is 36.5. The molecule has 1 unspecified atom stereocenters. The van der Waals surface area contributed by atoms with Gasteiger partial charge in [0.05, 0.1) is 60.2 Å². The third-order valence-electron chi connectivity index (χ3n) is 12.3. The van der Waals surface area contributed by atoms with Crippen molar-refractivity contribution in [2.75, 3.05) is 41.9 Å². The number of nitrogens with zero attached hydrogens (tertiary/aromatic N) is 4. The minimum Gasteiger partial charge on any atom is -0.429 e. The van der Waals surface area contributed by atoms with Crippen LogP contribution in [0, 0.1) is 39.6 Å². The Morgan fingerprint density at radius 2 is 1.47 bits per heavy atom. The first-order valence-electron chi connectivity index (χ1n) is 22.3. The standard InChI is InChI=1S/C47H69FN6O12/c1-14-28(6)41(52(11)46(59)39(26(2)3)50-45(58)40(27(4)5)51(9)10)37(63-12)24-38(55)53-25-35(66-47(60)65-34-21-19-33(20-22-34)54(61)62)23-36(53)43(64-13)29(7)44(57)49-30(8)42(56)31-15-17-32(48)18-16-31/h15-22,26-30,35-37,39-41,43H,14,23-25H2,1-13H3,(H,49,57)(H,50,58)/t28-,29+,30-,35-,36-,37+,39-,40-,41?,43+/m0/s1. The zero-order valence-corrected chi connectivity index (χ0v) is 40.4. The smallest absolute Gasteiger partial charge is 0.429 e. The number of nitro benzene ring substituents is 1. The van der Waals surface area contributed by atoms with Crippen molar-refractivity contribution < 1.29 is 57.0 Å². The van der Waals surface area contributed by atoms with E-state index < -0.39 is 88.9 Å². The lowest BCUT2D eigenvalue weighted by Crippen LogP contribution is -2.59. The van der Waals surface area contributed by atoms with Crippen LogP contribution in [0.2, 0.25) is 0 Å². The number of ether oxygens (including phenoxy) is 4. The summed E-state index contributed by atoms with van der Waals surface area (Å²) in [5.41, 5.74) is -0.0223. The molecule has 4 amide bonds. The maximum atomic E-state index is 14.7. The van der Waals surface area contributed by atoms with Gasteiger partial charge in [0.15, 0.2) is 5.78 Å². The lowest BCUT2D eigenvalue weighted by molar-refractivity contribution is -0.384. The van der Waals surface area contributed by atoms with Gasteiger partial charge in [-0.1, -0.05) is 54.9 Å². The Labute approximate surface area is 387 Å². The Bertz CT molecular complexity index is 1980. The van der Waals surface area contributed by atoms with E-state index in [1.165, 1.54) is 50.3 Å². The van der Waals surface area contributed by atoms with E-state index in [2.05, 4.69) is 10.6 Å². The number of likely N-dealkylation sites (N-methyl/N-ethyl adjacent to an activating group) is 2. The molecular weight excluding hydrogens is 860 g/mol. The molecule has 10 atom stereocenters. The van der Waals surface area contributed by atoms with Gasteiger partial charge in [0.1, 0.15) is 23.7 Å². The number of nitrogens with one attached hydrogen (secondary N) is 2. The molecule has 3 rings (SSSR count). The van der Waals surface area contributed by atoms with Crippen molar-refractivity contribution in [2.24, 2.45) is 23.7 Å². The average Bonchev–Trinajstić information content (AvgIpc) is 3.67. The molecule has 366 valence electrons. The van der Waals surface area contributed by atoms with E-state index in [1.54, 1.807) is 33.0 Å². The molecule has 2 aromatic rings. The van der Waals surface area contributed by atoms with Gasteiger partial charge in [-0.25, -0.2) is 9.18 Å². The van der Waals surface area contributed by atoms with Gasteiger partial charge in [0.25, 0.3) is 5.69 Å². The van der Waals surface area contributed by atoms with Crippen LogP contribution in [-0.2, 0) is 33.4 Å². The van der Waals surface area contributed by atoms with Crippen molar-refractivity contribution in [3.05, 3.63) is 70.0 Å². The van der Waals surface area contributed by atoms with Crippen LogP contribution >= 0.6 is 0 Å². The van der Waals surface area contributed by atoms with Crippen molar-refractivity contribution in [2.45, 2.75) is 123 Å². The van der Waals surface area contributed by atoms with Crippen LogP contribution in [0.4, 0.5) is 14.9 Å².